The van der Waals surface area contributed by atoms with Crippen molar-refractivity contribution in [3.63, 3.8) is 0 Å². The second-order valence-corrected chi connectivity index (χ2v) is 6.17. The molecular weight excluding hydrogens is 359 g/mol. The summed E-state index contributed by atoms with van der Waals surface area (Å²) < 4.78 is 38.7. The van der Waals surface area contributed by atoms with Crippen molar-refractivity contribution in [3.05, 3.63) is 35.4 Å². The van der Waals surface area contributed by atoms with Crippen LogP contribution >= 0.6 is 12.4 Å². The van der Waals surface area contributed by atoms with E-state index in [2.05, 4.69) is 10.6 Å². The highest BCUT2D eigenvalue weighted by Gasteiger charge is 2.41. The lowest BCUT2D eigenvalue weighted by atomic mass is 9.96. The zero-order valence-electron chi connectivity index (χ0n) is 13.7. The van der Waals surface area contributed by atoms with Gasteiger partial charge in [-0.05, 0) is 37.8 Å². The quantitative estimate of drug-likeness (QED) is 0.707. The molecule has 25 heavy (non-hydrogen) atoms. The van der Waals surface area contributed by atoms with Gasteiger partial charge < -0.3 is 16.4 Å². The molecule has 0 radical (unpaired) electrons. The Morgan fingerprint density at radius 1 is 1.24 bits per heavy atom. The molecule has 9 heteroatoms. The Morgan fingerprint density at radius 2 is 1.84 bits per heavy atom. The van der Waals surface area contributed by atoms with Gasteiger partial charge in [0.1, 0.15) is 0 Å². The van der Waals surface area contributed by atoms with E-state index >= 15 is 0 Å². The van der Waals surface area contributed by atoms with Gasteiger partial charge in [-0.1, -0.05) is 12.1 Å². The fourth-order valence-electron chi connectivity index (χ4n) is 2.59. The van der Waals surface area contributed by atoms with Gasteiger partial charge in [0.05, 0.1) is 23.2 Å². The first kappa shape index (κ1) is 21.2. The first-order valence-corrected chi connectivity index (χ1v) is 7.63. The zero-order chi connectivity index (χ0) is 18.0. The second kappa shape index (κ2) is 8.05. The standard InChI is InChI=1S/C16H20F3N3O2.ClH/c1-15(9-20,10-6-7-10)22-13(23)8-21-14(24)11-4-2-3-5-12(11)16(17,18)19;/h2-5,10H,6-9,20H2,1H3,(H,21,24)(H,22,23);1H. The minimum Gasteiger partial charge on any atom is -0.348 e. The Morgan fingerprint density at radius 3 is 2.36 bits per heavy atom. The number of carbonyl (C=O) groups excluding carboxylic acids is 2. The summed E-state index contributed by atoms with van der Waals surface area (Å²) in [7, 11) is 0. The van der Waals surface area contributed by atoms with Crippen LogP contribution in [0.5, 0.6) is 0 Å². The van der Waals surface area contributed by atoms with Gasteiger partial charge in [0.2, 0.25) is 5.91 Å². The number of nitrogens with two attached hydrogens (primary N) is 1. The van der Waals surface area contributed by atoms with Crippen LogP contribution in [-0.2, 0) is 11.0 Å². The molecule has 0 bridgehead atoms. The molecule has 140 valence electrons. The molecule has 5 nitrogen and oxygen atoms in total. The van der Waals surface area contributed by atoms with E-state index in [1.807, 2.05) is 6.92 Å². The van der Waals surface area contributed by atoms with Gasteiger partial charge >= 0.3 is 6.18 Å². The van der Waals surface area contributed by atoms with E-state index in [0.717, 1.165) is 25.0 Å². The van der Waals surface area contributed by atoms with Crippen LogP contribution in [0.2, 0.25) is 0 Å². The fraction of sp³-hybridized carbons (Fsp3) is 0.500. The molecule has 1 aromatic carbocycles. The number of hydrogen-bond acceptors (Lipinski definition) is 3. The Hall–Kier alpha value is -1.80. The highest BCUT2D eigenvalue weighted by molar-refractivity contribution is 5.97. The van der Waals surface area contributed by atoms with Crippen LogP contribution in [0.4, 0.5) is 13.2 Å². The molecule has 4 N–H and O–H groups in total. The van der Waals surface area contributed by atoms with Crippen LogP contribution in [0.25, 0.3) is 0 Å². The summed E-state index contributed by atoms with van der Waals surface area (Å²) in [6.07, 6.45) is -2.70. The minimum absolute atomic E-state index is 0. The monoisotopic (exact) mass is 379 g/mol. The molecule has 1 atom stereocenters. The highest BCUT2D eigenvalue weighted by atomic mass is 35.5. The number of carbonyl (C=O) groups is 2. The molecule has 1 unspecified atom stereocenters. The zero-order valence-corrected chi connectivity index (χ0v) is 14.5. The predicted octanol–water partition coefficient (Wildman–Crippen LogP) is 2.10. The Bertz CT molecular complexity index is 635. The van der Waals surface area contributed by atoms with Crippen molar-refractivity contribution in [1.29, 1.82) is 0 Å². The molecule has 1 aromatic rings. The number of hydrogen-bond donors (Lipinski definition) is 3. The van der Waals surface area contributed by atoms with Crippen molar-refractivity contribution in [2.75, 3.05) is 13.1 Å². The van der Waals surface area contributed by atoms with Crippen molar-refractivity contribution in [1.82, 2.24) is 10.6 Å². The summed E-state index contributed by atoms with van der Waals surface area (Å²) in [5.74, 6) is -1.13. The topological polar surface area (TPSA) is 84.2 Å². The summed E-state index contributed by atoms with van der Waals surface area (Å²) in [6, 6.07) is 4.44. The lowest BCUT2D eigenvalue weighted by Crippen LogP contribution is -2.55. The molecule has 2 rings (SSSR count). The molecule has 1 saturated carbocycles. The molecule has 1 aliphatic carbocycles. The maximum Gasteiger partial charge on any atom is 0.417 e. The summed E-state index contributed by atoms with van der Waals surface area (Å²) in [5.41, 5.74) is 3.59. The number of rotatable bonds is 6. The molecule has 0 heterocycles. The average molecular weight is 380 g/mol. The van der Waals surface area contributed by atoms with E-state index in [0.29, 0.717) is 5.92 Å². The number of amides is 2. The van der Waals surface area contributed by atoms with E-state index in [1.165, 1.54) is 12.1 Å². The van der Waals surface area contributed by atoms with E-state index in [9.17, 15) is 22.8 Å². The van der Waals surface area contributed by atoms with Gasteiger partial charge in [0.25, 0.3) is 5.91 Å². The molecule has 1 aliphatic rings. The number of nitrogens with one attached hydrogen (secondary N) is 2. The third kappa shape index (κ3) is 5.34. The first-order chi connectivity index (χ1) is 11.2. The van der Waals surface area contributed by atoms with Crippen LogP contribution in [0, 0.1) is 5.92 Å². The van der Waals surface area contributed by atoms with E-state index in [4.69, 9.17) is 5.73 Å². The van der Waals surface area contributed by atoms with Gasteiger partial charge in [-0.25, -0.2) is 0 Å². The van der Waals surface area contributed by atoms with Gasteiger partial charge in [-0.15, -0.1) is 12.4 Å². The molecule has 0 aromatic heterocycles. The van der Waals surface area contributed by atoms with E-state index in [1.54, 1.807) is 0 Å². The minimum atomic E-state index is -4.64. The Labute approximate surface area is 149 Å². The van der Waals surface area contributed by atoms with Crippen LogP contribution in [0.3, 0.4) is 0 Å². The number of halogens is 4. The summed E-state index contributed by atoms with van der Waals surface area (Å²) in [6.45, 7) is 1.67. The average Bonchev–Trinajstić information content (AvgIpc) is 3.37. The van der Waals surface area contributed by atoms with E-state index in [-0.39, 0.29) is 19.0 Å². The van der Waals surface area contributed by atoms with Crippen molar-refractivity contribution >= 4 is 24.2 Å². The highest BCUT2D eigenvalue weighted by Crippen LogP contribution is 2.38. The number of benzene rings is 1. The van der Waals surface area contributed by atoms with Crippen LogP contribution in [0.1, 0.15) is 35.7 Å². The van der Waals surface area contributed by atoms with Crippen molar-refractivity contribution in [2.24, 2.45) is 11.7 Å². The second-order valence-electron chi connectivity index (χ2n) is 6.17. The normalized spacial score (nSPS) is 16.4. The van der Waals surface area contributed by atoms with Gasteiger partial charge in [0, 0.05) is 6.54 Å². The van der Waals surface area contributed by atoms with Crippen molar-refractivity contribution in [3.8, 4) is 0 Å². The molecule has 2 amide bonds. The predicted molar refractivity (Wildman–Crippen MR) is 89.4 cm³/mol. The summed E-state index contributed by atoms with van der Waals surface area (Å²) in [4.78, 5) is 23.9. The SMILES string of the molecule is CC(CN)(NC(=O)CNC(=O)c1ccccc1C(F)(F)F)C1CC1.Cl. The molecule has 0 spiro atoms. The number of alkyl halides is 3. The Kier molecular flexibility index (Phi) is 6.84. The maximum absolute atomic E-state index is 12.9. The van der Waals surface area contributed by atoms with Gasteiger partial charge in [-0.2, -0.15) is 13.2 Å². The first-order valence-electron chi connectivity index (χ1n) is 7.63. The van der Waals surface area contributed by atoms with Crippen LogP contribution in [-0.4, -0.2) is 30.4 Å². The maximum atomic E-state index is 12.9. The summed E-state index contributed by atoms with van der Waals surface area (Å²) in [5, 5.41) is 4.98. The smallest absolute Gasteiger partial charge is 0.348 e. The van der Waals surface area contributed by atoms with Crippen LogP contribution in [0.15, 0.2) is 24.3 Å². The summed E-state index contributed by atoms with van der Waals surface area (Å²) >= 11 is 0. The van der Waals surface area contributed by atoms with Crippen molar-refractivity contribution in [2.45, 2.75) is 31.5 Å². The van der Waals surface area contributed by atoms with Gasteiger partial charge in [-0.3, -0.25) is 9.59 Å². The molecular formula is C16H21ClF3N3O2. The third-order valence-corrected chi connectivity index (χ3v) is 4.21. The van der Waals surface area contributed by atoms with E-state index < -0.39 is 41.2 Å². The Balaban J connectivity index is 0.00000312. The van der Waals surface area contributed by atoms with Crippen LogP contribution < -0.4 is 16.4 Å². The van der Waals surface area contributed by atoms with Gasteiger partial charge in [0.15, 0.2) is 0 Å². The third-order valence-electron chi connectivity index (χ3n) is 4.21. The molecule has 0 saturated heterocycles. The van der Waals surface area contributed by atoms with Crippen molar-refractivity contribution < 1.29 is 22.8 Å². The largest absolute Gasteiger partial charge is 0.417 e. The fourth-order valence-corrected chi connectivity index (χ4v) is 2.59. The lowest BCUT2D eigenvalue weighted by molar-refractivity contribution is -0.137. The molecule has 1 fully saturated rings. The lowest BCUT2D eigenvalue weighted by Gasteiger charge is -2.29. The molecule has 0 aliphatic heterocycles.